The minimum Gasteiger partial charge on any atom is -0.392 e. The van der Waals surface area contributed by atoms with Crippen LogP contribution in [0.25, 0.3) is 0 Å². The molecule has 2 nitrogen and oxygen atoms in total. The summed E-state index contributed by atoms with van der Waals surface area (Å²) in [6, 6.07) is 8.56. The Hall–Kier alpha value is -1.12. The van der Waals surface area contributed by atoms with Crippen molar-refractivity contribution in [1.29, 1.82) is 0 Å². The molecular weight excluding hydrogens is 258 g/mol. The molecule has 3 N–H and O–H groups in total. The highest BCUT2D eigenvalue weighted by molar-refractivity contribution is 5.35. The highest BCUT2D eigenvalue weighted by Gasteiger charge is 2.45. The molecule has 0 saturated heterocycles. The van der Waals surface area contributed by atoms with Gasteiger partial charge in [-0.15, -0.1) is 0 Å². The van der Waals surface area contributed by atoms with Gasteiger partial charge in [-0.2, -0.15) is 0 Å². The van der Waals surface area contributed by atoms with Crippen molar-refractivity contribution in [2.24, 2.45) is 23.0 Å². The third-order valence-electron chi connectivity index (χ3n) is 5.51. The van der Waals surface area contributed by atoms with Crippen molar-refractivity contribution in [2.75, 3.05) is 6.54 Å². The van der Waals surface area contributed by atoms with Crippen LogP contribution in [0.15, 0.2) is 35.9 Å². The normalized spacial score (nSPS) is 28.9. The predicted octanol–water partition coefficient (Wildman–Crippen LogP) is 3.08. The fourth-order valence-corrected chi connectivity index (χ4v) is 4.53. The van der Waals surface area contributed by atoms with Gasteiger partial charge < -0.3 is 10.8 Å². The van der Waals surface area contributed by atoms with Crippen molar-refractivity contribution in [1.82, 2.24) is 0 Å². The molecule has 3 atom stereocenters. The number of fused-ring (bicyclic) bond motifs is 1. The average molecular weight is 285 g/mol. The lowest BCUT2D eigenvalue weighted by molar-refractivity contribution is -0.0171. The molecule has 0 aliphatic heterocycles. The van der Waals surface area contributed by atoms with E-state index in [1.54, 1.807) is 0 Å². The van der Waals surface area contributed by atoms with Gasteiger partial charge in [0.05, 0.1) is 6.10 Å². The van der Waals surface area contributed by atoms with Crippen molar-refractivity contribution in [2.45, 2.75) is 45.6 Å². The zero-order valence-corrected chi connectivity index (χ0v) is 13.2. The quantitative estimate of drug-likeness (QED) is 0.838. The fourth-order valence-electron chi connectivity index (χ4n) is 4.53. The number of hydrogen-bond acceptors (Lipinski definition) is 2. The molecule has 2 aliphatic carbocycles. The molecule has 0 saturated carbocycles. The van der Waals surface area contributed by atoms with Gasteiger partial charge in [0.15, 0.2) is 0 Å². The lowest BCUT2D eigenvalue weighted by Crippen LogP contribution is -2.47. The monoisotopic (exact) mass is 285 g/mol. The third kappa shape index (κ3) is 2.67. The molecule has 1 aromatic rings. The van der Waals surface area contributed by atoms with Crippen LogP contribution in [0.4, 0.5) is 0 Å². The Morgan fingerprint density at radius 2 is 1.90 bits per heavy atom. The van der Waals surface area contributed by atoms with Gasteiger partial charge in [0, 0.05) is 12.0 Å². The largest absolute Gasteiger partial charge is 0.392 e. The van der Waals surface area contributed by atoms with E-state index in [4.69, 9.17) is 5.73 Å². The maximum atomic E-state index is 11.1. The smallest absolute Gasteiger partial charge is 0.0646 e. The molecule has 1 aromatic carbocycles. The summed E-state index contributed by atoms with van der Waals surface area (Å²) in [7, 11) is 0. The topological polar surface area (TPSA) is 46.2 Å². The van der Waals surface area contributed by atoms with Crippen molar-refractivity contribution in [3.63, 3.8) is 0 Å². The molecule has 0 spiro atoms. The van der Waals surface area contributed by atoms with E-state index >= 15 is 0 Å². The molecule has 21 heavy (non-hydrogen) atoms. The zero-order valence-electron chi connectivity index (χ0n) is 13.2. The lowest BCUT2D eigenvalue weighted by Gasteiger charge is -2.40. The first-order valence-electron chi connectivity index (χ1n) is 8.16. The van der Waals surface area contributed by atoms with E-state index < -0.39 is 0 Å². The van der Waals surface area contributed by atoms with Gasteiger partial charge in [0.2, 0.25) is 0 Å². The SMILES string of the molecule is CC1=CC(C)CC(C(O)C2(CN)Cc3ccccc3C2)C1. The number of hydrogen-bond donors (Lipinski definition) is 2. The lowest BCUT2D eigenvalue weighted by atomic mass is 9.69. The van der Waals surface area contributed by atoms with Crippen LogP contribution < -0.4 is 5.73 Å². The van der Waals surface area contributed by atoms with Gasteiger partial charge in [-0.1, -0.05) is 42.8 Å². The molecule has 114 valence electrons. The van der Waals surface area contributed by atoms with Gasteiger partial charge >= 0.3 is 0 Å². The second kappa shape index (κ2) is 5.58. The molecule has 2 aliphatic rings. The highest BCUT2D eigenvalue weighted by atomic mass is 16.3. The summed E-state index contributed by atoms with van der Waals surface area (Å²) in [6.45, 7) is 5.01. The Bertz CT molecular complexity index is 523. The number of aliphatic hydroxyl groups excluding tert-OH is 1. The van der Waals surface area contributed by atoms with Crippen LogP contribution in [0.2, 0.25) is 0 Å². The number of aliphatic hydroxyl groups is 1. The van der Waals surface area contributed by atoms with Crippen LogP contribution >= 0.6 is 0 Å². The summed E-state index contributed by atoms with van der Waals surface area (Å²) >= 11 is 0. The van der Waals surface area contributed by atoms with Crippen molar-refractivity contribution < 1.29 is 5.11 Å². The van der Waals surface area contributed by atoms with E-state index in [2.05, 4.69) is 44.2 Å². The van der Waals surface area contributed by atoms with Crippen molar-refractivity contribution in [3.8, 4) is 0 Å². The number of rotatable bonds is 3. The van der Waals surface area contributed by atoms with Crippen LogP contribution in [-0.2, 0) is 12.8 Å². The molecule has 0 radical (unpaired) electrons. The molecule has 0 aromatic heterocycles. The number of benzene rings is 1. The van der Waals surface area contributed by atoms with Gasteiger partial charge in [-0.25, -0.2) is 0 Å². The summed E-state index contributed by atoms with van der Waals surface area (Å²) in [6.07, 6.45) is 5.99. The maximum Gasteiger partial charge on any atom is 0.0646 e. The first-order valence-corrected chi connectivity index (χ1v) is 8.16. The maximum absolute atomic E-state index is 11.1. The number of nitrogens with two attached hydrogens (primary N) is 1. The number of allylic oxidation sites excluding steroid dienone is 2. The molecular formula is C19H27NO. The molecule has 0 fully saturated rings. The minimum absolute atomic E-state index is 0.161. The van der Waals surface area contributed by atoms with E-state index in [1.165, 1.54) is 16.7 Å². The first kappa shape index (κ1) is 14.8. The Morgan fingerprint density at radius 3 is 2.43 bits per heavy atom. The van der Waals surface area contributed by atoms with E-state index in [-0.39, 0.29) is 11.5 Å². The molecule has 0 bridgehead atoms. The second-order valence-corrected chi connectivity index (χ2v) is 7.32. The van der Waals surface area contributed by atoms with Crippen molar-refractivity contribution in [3.05, 3.63) is 47.0 Å². The molecule has 0 heterocycles. The summed E-state index contributed by atoms with van der Waals surface area (Å²) in [5.74, 6) is 0.917. The Kier molecular flexibility index (Phi) is 3.94. The zero-order chi connectivity index (χ0) is 15.0. The first-order chi connectivity index (χ1) is 10.0. The summed E-state index contributed by atoms with van der Waals surface area (Å²) in [5, 5.41) is 11.1. The second-order valence-electron chi connectivity index (χ2n) is 7.32. The third-order valence-corrected chi connectivity index (χ3v) is 5.51. The van der Waals surface area contributed by atoms with E-state index in [1.807, 2.05) is 0 Å². The van der Waals surface area contributed by atoms with Crippen LogP contribution in [0.5, 0.6) is 0 Å². The minimum atomic E-state index is -0.305. The van der Waals surface area contributed by atoms with Crippen LogP contribution in [-0.4, -0.2) is 17.8 Å². The standard InChI is InChI=1S/C19H27NO/c1-13-7-14(2)9-17(8-13)18(21)19(12-20)10-15-5-3-4-6-16(15)11-19/h3-7,13,17-18,21H,8-12,20H2,1-2H3. The summed E-state index contributed by atoms with van der Waals surface area (Å²) in [5.41, 5.74) is 10.2. The summed E-state index contributed by atoms with van der Waals surface area (Å²) in [4.78, 5) is 0. The van der Waals surface area contributed by atoms with E-state index in [9.17, 15) is 5.11 Å². The predicted molar refractivity (Wildman–Crippen MR) is 87.0 cm³/mol. The van der Waals surface area contributed by atoms with E-state index in [0.717, 1.165) is 25.7 Å². The van der Waals surface area contributed by atoms with E-state index in [0.29, 0.717) is 18.4 Å². The van der Waals surface area contributed by atoms with Crippen LogP contribution in [0, 0.1) is 17.3 Å². The Morgan fingerprint density at radius 1 is 1.29 bits per heavy atom. The average Bonchev–Trinajstić information content (AvgIpc) is 2.85. The van der Waals surface area contributed by atoms with Gasteiger partial charge in [0.1, 0.15) is 0 Å². The molecule has 3 unspecified atom stereocenters. The molecule has 2 heteroatoms. The molecule has 0 amide bonds. The van der Waals surface area contributed by atoms with Crippen LogP contribution in [0.3, 0.4) is 0 Å². The highest BCUT2D eigenvalue weighted by Crippen LogP contribution is 2.44. The Balaban J connectivity index is 1.83. The van der Waals surface area contributed by atoms with Gasteiger partial charge in [-0.05, 0) is 55.6 Å². The Labute approximate surface area is 128 Å². The molecule has 3 rings (SSSR count). The van der Waals surface area contributed by atoms with Crippen molar-refractivity contribution >= 4 is 0 Å². The van der Waals surface area contributed by atoms with Gasteiger partial charge in [0.25, 0.3) is 0 Å². The van der Waals surface area contributed by atoms with Crippen LogP contribution in [0.1, 0.15) is 37.8 Å². The summed E-state index contributed by atoms with van der Waals surface area (Å²) < 4.78 is 0. The van der Waals surface area contributed by atoms with Gasteiger partial charge in [-0.3, -0.25) is 0 Å². The fraction of sp³-hybridized carbons (Fsp3) is 0.579.